The van der Waals surface area contributed by atoms with Crippen LogP contribution in [0.1, 0.15) is 11.5 Å². The molecule has 1 heterocycles. The monoisotopic (exact) mass is 165 g/mol. The maximum absolute atomic E-state index is 13.2. The molecule has 0 unspecified atom stereocenters. The largest absolute Gasteiger partial charge is 0.313 e. The summed E-state index contributed by atoms with van der Waals surface area (Å²) in [6, 6.07) is 9.86. The smallest absolute Gasteiger partial charge is 0.121 e. The van der Waals surface area contributed by atoms with Gasteiger partial charge < -0.3 is 5.32 Å². The molecule has 1 N–H and O–H groups in total. The minimum Gasteiger partial charge on any atom is -0.313 e. The van der Waals surface area contributed by atoms with E-state index >= 15 is 0 Å². The number of hydrogen-bond donors (Lipinski definition) is 1. The summed E-state index contributed by atoms with van der Waals surface area (Å²) >= 11 is 0. The lowest BCUT2D eigenvalue weighted by molar-refractivity contribution is 0.332. The van der Waals surface area contributed by atoms with Crippen molar-refractivity contribution in [2.24, 2.45) is 0 Å². The van der Waals surface area contributed by atoms with Gasteiger partial charge in [-0.05, 0) is 5.56 Å². The van der Waals surface area contributed by atoms with Gasteiger partial charge in [0.15, 0.2) is 0 Å². The first-order chi connectivity index (χ1) is 5.88. The molecule has 2 heteroatoms. The van der Waals surface area contributed by atoms with Gasteiger partial charge in [0, 0.05) is 19.0 Å². The number of halogens is 1. The van der Waals surface area contributed by atoms with Gasteiger partial charge in [-0.1, -0.05) is 30.3 Å². The molecule has 1 saturated heterocycles. The molecule has 1 aromatic carbocycles. The Bertz CT molecular complexity index is 247. The van der Waals surface area contributed by atoms with Crippen molar-refractivity contribution in [2.45, 2.75) is 12.1 Å². The van der Waals surface area contributed by atoms with Gasteiger partial charge >= 0.3 is 0 Å². The highest BCUT2D eigenvalue weighted by atomic mass is 19.1. The molecule has 12 heavy (non-hydrogen) atoms. The molecule has 1 aliphatic rings. The molecule has 0 aromatic heterocycles. The Labute approximate surface area is 71.6 Å². The molecule has 0 bridgehead atoms. The molecule has 2 rings (SSSR count). The minimum atomic E-state index is -0.715. The van der Waals surface area contributed by atoms with Crippen molar-refractivity contribution in [3.8, 4) is 0 Å². The number of rotatable bonds is 1. The fourth-order valence-corrected chi connectivity index (χ4v) is 1.67. The quantitative estimate of drug-likeness (QED) is 0.668. The van der Waals surface area contributed by atoms with Crippen molar-refractivity contribution >= 4 is 0 Å². The Morgan fingerprint density at radius 1 is 1.17 bits per heavy atom. The van der Waals surface area contributed by atoms with E-state index in [0.29, 0.717) is 6.54 Å². The van der Waals surface area contributed by atoms with Crippen LogP contribution in [0.4, 0.5) is 4.39 Å². The van der Waals surface area contributed by atoms with Crippen LogP contribution in [-0.4, -0.2) is 19.3 Å². The van der Waals surface area contributed by atoms with Gasteiger partial charge in [-0.25, -0.2) is 4.39 Å². The topological polar surface area (TPSA) is 12.0 Å². The van der Waals surface area contributed by atoms with Crippen LogP contribution in [0.5, 0.6) is 0 Å². The van der Waals surface area contributed by atoms with Crippen LogP contribution >= 0.6 is 0 Å². The van der Waals surface area contributed by atoms with Gasteiger partial charge in [0.2, 0.25) is 0 Å². The third-order valence-electron chi connectivity index (χ3n) is 2.37. The van der Waals surface area contributed by atoms with Gasteiger partial charge in [-0.15, -0.1) is 0 Å². The van der Waals surface area contributed by atoms with Gasteiger partial charge in [-0.2, -0.15) is 0 Å². The lowest BCUT2D eigenvalue weighted by atomic mass is 9.97. The molecule has 0 aliphatic carbocycles. The summed E-state index contributed by atoms with van der Waals surface area (Å²) in [5.74, 6) is 0.0613. The van der Waals surface area contributed by atoms with Crippen molar-refractivity contribution in [3.63, 3.8) is 0 Å². The Morgan fingerprint density at radius 3 is 2.50 bits per heavy atom. The average molecular weight is 165 g/mol. The van der Waals surface area contributed by atoms with E-state index in [-0.39, 0.29) is 5.92 Å². The zero-order valence-corrected chi connectivity index (χ0v) is 6.83. The molecule has 1 fully saturated rings. The highest BCUT2D eigenvalue weighted by Gasteiger charge is 2.27. The SMILES string of the molecule is F[C@@H]1CNC[C@@H]1c1ccccc1. The fourth-order valence-electron chi connectivity index (χ4n) is 1.67. The maximum Gasteiger partial charge on any atom is 0.121 e. The Kier molecular flexibility index (Phi) is 2.09. The Balaban J connectivity index is 2.19. The summed E-state index contributed by atoms with van der Waals surface area (Å²) in [6.45, 7) is 1.27. The second-order valence-electron chi connectivity index (χ2n) is 3.19. The van der Waals surface area contributed by atoms with Gasteiger partial charge in [-0.3, -0.25) is 0 Å². The van der Waals surface area contributed by atoms with Crippen LogP contribution in [0.25, 0.3) is 0 Å². The predicted octanol–water partition coefficient (Wildman–Crippen LogP) is 1.71. The second-order valence-corrected chi connectivity index (χ2v) is 3.19. The van der Waals surface area contributed by atoms with E-state index in [4.69, 9.17) is 0 Å². The van der Waals surface area contributed by atoms with E-state index in [1.807, 2.05) is 30.3 Å². The number of benzene rings is 1. The molecule has 64 valence electrons. The van der Waals surface area contributed by atoms with Gasteiger partial charge in [0.25, 0.3) is 0 Å². The van der Waals surface area contributed by atoms with Crippen LogP contribution in [0.15, 0.2) is 30.3 Å². The first-order valence-corrected chi connectivity index (χ1v) is 4.27. The standard InChI is InChI=1S/C10H12FN/c11-10-7-12-6-9(10)8-4-2-1-3-5-8/h1-5,9-10,12H,6-7H2/t9-,10-/m1/s1. The molecule has 0 saturated carbocycles. The first kappa shape index (κ1) is 7.74. The second kappa shape index (κ2) is 3.23. The highest BCUT2D eigenvalue weighted by molar-refractivity contribution is 5.22. The van der Waals surface area contributed by atoms with Gasteiger partial charge in [0.1, 0.15) is 6.17 Å². The third kappa shape index (κ3) is 1.34. The van der Waals surface area contributed by atoms with Crippen LogP contribution in [-0.2, 0) is 0 Å². The highest BCUT2D eigenvalue weighted by Crippen LogP contribution is 2.24. The normalized spacial score (nSPS) is 29.1. The summed E-state index contributed by atoms with van der Waals surface area (Å²) in [5, 5.41) is 3.05. The van der Waals surface area contributed by atoms with Crippen molar-refractivity contribution in [3.05, 3.63) is 35.9 Å². The Morgan fingerprint density at radius 2 is 1.92 bits per heavy atom. The van der Waals surface area contributed by atoms with Crippen molar-refractivity contribution in [2.75, 3.05) is 13.1 Å². The van der Waals surface area contributed by atoms with E-state index in [1.165, 1.54) is 0 Å². The predicted molar refractivity (Wildman–Crippen MR) is 46.9 cm³/mol. The van der Waals surface area contributed by atoms with E-state index < -0.39 is 6.17 Å². The summed E-state index contributed by atoms with van der Waals surface area (Å²) < 4.78 is 13.2. The van der Waals surface area contributed by atoms with E-state index in [1.54, 1.807) is 0 Å². The average Bonchev–Trinajstić information content (AvgIpc) is 2.53. The van der Waals surface area contributed by atoms with Crippen molar-refractivity contribution in [1.29, 1.82) is 0 Å². The summed E-state index contributed by atoms with van der Waals surface area (Å²) in [5.41, 5.74) is 1.11. The fraction of sp³-hybridized carbons (Fsp3) is 0.400. The molecular formula is C10H12FN. The zero-order chi connectivity index (χ0) is 8.39. The van der Waals surface area contributed by atoms with E-state index in [9.17, 15) is 4.39 Å². The molecule has 0 radical (unpaired) electrons. The molecule has 2 atom stereocenters. The molecule has 0 spiro atoms. The van der Waals surface area contributed by atoms with E-state index in [2.05, 4.69) is 5.32 Å². The molecule has 1 aromatic rings. The van der Waals surface area contributed by atoms with Crippen LogP contribution in [0.2, 0.25) is 0 Å². The number of hydrogen-bond acceptors (Lipinski definition) is 1. The van der Waals surface area contributed by atoms with Crippen LogP contribution in [0, 0.1) is 0 Å². The lowest BCUT2D eigenvalue weighted by Crippen LogP contribution is -2.10. The van der Waals surface area contributed by atoms with Crippen molar-refractivity contribution in [1.82, 2.24) is 5.32 Å². The van der Waals surface area contributed by atoms with Gasteiger partial charge in [0.05, 0.1) is 0 Å². The Hall–Kier alpha value is -0.890. The molecule has 1 aliphatic heterocycles. The molecule has 1 nitrogen and oxygen atoms in total. The van der Waals surface area contributed by atoms with E-state index in [0.717, 1.165) is 12.1 Å². The number of alkyl halides is 1. The molecule has 0 amide bonds. The van der Waals surface area contributed by atoms with Crippen molar-refractivity contribution < 1.29 is 4.39 Å². The first-order valence-electron chi connectivity index (χ1n) is 4.27. The minimum absolute atomic E-state index is 0.0613. The van der Waals surface area contributed by atoms with Crippen LogP contribution in [0.3, 0.4) is 0 Å². The summed E-state index contributed by atoms with van der Waals surface area (Å²) in [6.07, 6.45) is -0.715. The third-order valence-corrected chi connectivity index (χ3v) is 2.37. The summed E-state index contributed by atoms with van der Waals surface area (Å²) in [7, 11) is 0. The van der Waals surface area contributed by atoms with Crippen LogP contribution < -0.4 is 5.32 Å². The lowest BCUT2D eigenvalue weighted by Gasteiger charge is -2.10. The summed E-state index contributed by atoms with van der Waals surface area (Å²) in [4.78, 5) is 0. The zero-order valence-electron chi connectivity index (χ0n) is 6.83. The molecular weight excluding hydrogens is 153 g/mol. The maximum atomic E-state index is 13.2. The number of nitrogens with one attached hydrogen (secondary N) is 1.